The molecular weight excluding hydrogens is 378 g/mol. The highest BCUT2D eigenvalue weighted by Crippen LogP contribution is 2.17. The lowest BCUT2D eigenvalue weighted by Crippen LogP contribution is -2.14. The molecule has 0 spiro atoms. The number of nitriles is 1. The molecule has 2 aromatic rings. The maximum absolute atomic E-state index is 12.3. The van der Waals surface area contributed by atoms with E-state index in [1.54, 1.807) is 24.3 Å². The summed E-state index contributed by atoms with van der Waals surface area (Å²) in [7, 11) is -3.81. The second-order valence-corrected chi connectivity index (χ2v) is 7.53. The molecule has 0 heterocycles. The van der Waals surface area contributed by atoms with Crippen molar-refractivity contribution in [3.8, 4) is 11.8 Å². The fourth-order valence-electron chi connectivity index (χ4n) is 2.24. The Kier molecular flexibility index (Phi) is 7.32. The van der Waals surface area contributed by atoms with Gasteiger partial charge in [-0.1, -0.05) is 25.5 Å². The van der Waals surface area contributed by atoms with Crippen molar-refractivity contribution in [2.45, 2.75) is 24.7 Å². The number of primary sulfonamides is 1. The molecule has 2 rings (SSSR count). The summed E-state index contributed by atoms with van der Waals surface area (Å²) in [6.45, 7) is 2.72. The van der Waals surface area contributed by atoms with Crippen LogP contribution in [0.5, 0.6) is 5.75 Å². The van der Waals surface area contributed by atoms with Crippen LogP contribution in [0.15, 0.2) is 59.0 Å². The third-order valence-corrected chi connectivity index (χ3v) is 4.69. The summed E-state index contributed by atoms with van der Waals surface area (Å²) in [4.78, 5) is 12.2. The van der Waals surface area contributed by atoms with E-state index in [1.165, 1.54) is 30.3 Å². The molecule has 0 bridgehead atoms. The first-order valence-corrected chi connectivity index (χ1v) is 10.2. The van der Waals surface area contributed by atoms with Gasteiger partial charge in [-0.25, -0.2) is 13.6 Å². The van der Waals surface area contributed by atoms with Gasteiger partial charge < -0.3 is 10.1 Å². The molecule has 0 aromatic heterocycles. The van der Waals surface area contributed by atoms with Gasteiger partial charge in [-0.15, -0.1) is 0 Å². The van der Waals surface area contributed by atoms with E-state index in [2.05, 4.69) is 12.2 Å². The van der Waals surface area contributed by atoms with E-state index >= 15 is 0 Å². The Morgan fingerprint density at radius 1 is 1.18 bits per heavy atom. The molecule has 7 nitrogen and oxygen atoms in total. The maximum atomic E-state index is 12.3. The molecule has 0 saturated heterocycles. The Balaban J connectivity index is 2.07. The third kappa shape index (κ3) is 6.23. The SMILES string of the molecule is CCCCOc1ccc(/C=C(\C#N)C(=O)Nc2ccc(S(N)(=O)=O)cc2)cc1. The highest BCUT2D eigenvalue weighted by atomic mass is 32.2. The minimum Gasteiger partial charge on any atom is -0.494 e. The zero-order chi connectivity index (χ0) is 20.6. The van der Waals surface area contributed by atoms with Gasteiger partial charge in [0, 0.05) is 5.69 Å². The number of rotatable bonds is 8. The van der Waals surface area contributed by atoms with Crippen molar-refractivity contribution in [3.05, 3.63) is 59.7 Å². The second kappa shape index (κ2) is 9.69. The molecule has 0 atom stereocenters. The van der Waals surface area contributed by atoms with Crippen LogP contribution in [0.3, 0.4) is 0 Å². The predicted molar refractivity (Wildman–Crippen MR) is 107 cm³/mol. The van der Waals surface area contributed by atoms with Crippen LogP contribution in [0.25, 0.3) is 6.08 Å². The van der Waals surface area contributed by atoms with Crippen LogP contribution in [0, 0.1) is 11.3 Å². The number of carbonyl (C=O) groups excluding carboxylic acids is 1. The van der Waals surface area contributed by atoms with Crippen LogP contribution in [0.2, 0.25) is 0 Å². The number of carbonyl (C=O) groups is 1. The minimum absolute atomic E-state index is 0.0669. The Labute approximate surface area is 164 Å². The molecule has 0 saturated carbocycles. The molecule has 146 valence electrons. The molecule has 0 radical (unpaired) electrons. The van der Waals surface area contributed by atoms with Crippen LogP contribution >= 0.6 is 0 Å². The highest BCUT2D eigenvalue weighted by Gasteiger charge is 2.11. The van der Waals surface area contributed by atoms with Gasteiger partial charge in [-0.3, -0.25) is 4.79 Å². The van der Waals surface area contributed by atoms with E-state index in [4.69, 9.17) is 9.88 Å². The van der Waals surface area contributed by atoms with Crippen molar-refractivity contribution >= 4 is 27.7 Å². The summed E-state index contributed by atoms with van der Waals surface area (Å²) in [6, 6.07) is 14.3. The van der Waals surface area contributed by atoms with E-state index in [1.807, 2.05) is 6.07 Å². The van der Waals surface area contributed by atoms with Crippen molar-refractivity contribution in [1.82, 2.24) is 0 Å². The van der Waals surface area contributed by atoms with Crippen molar-refractivity contribution in [2.24, 2.45) is 5.14 Å². The molecule has 8 heteroatoms. The Bertz CT molecular complexity index is 989. The summed E-state index contributed by atoms with van der Waals surface area (Å²) in [5.74, 6) is 0.123. The largest absolute Gasteiger partial charge is 0.494 e. The van der Waals surface area contributed by atoms with Crippen molar-refractivity contribution in [3.63, 3.8) is 0 Å². The molecule has 28 heavy (non-hydrogen) atoms. The van der Waals surface area contributed by atoms with Crippen LogP contribution < -0.4 is 15.2 Å². The molecule has 1 amide bonds. The zero-order valence-corrected chi connectivity index (χ0v) is 16.2. The molecule has 2 aromatic carbocycles. The molecule has 0 aliphatic carbocycles. The van der Waals surface area contributed by atoms with E-state index in [0.717, 1.165) is 18.6 Å². The lowest BCUT2D eigenvalue weighted by Gasteiger charge is -2.06. The number of benzene rings is 2. The average Bonchev–Trinajstić information content (AvgIpc) is 2.67. The van der Waals surface area contributed by atoms with Crippen molar-refractivity contribution < 1.29 is 17.9 Å². The molecule has 0 aliphatic rings. The van der Waals surface area contributed by atoms with Gasteiger partial charge in [-0.2, -0.15) is 5.26 Å². The maximum Gasteiger partial charge on any atom is 0.266 e. The summed E-state index contributed by atoms with van der Waals surface area (Å²) >= 11 is 0. The Morgan fingerprint density at radius 2 is 1.82 bits per heavy atom. The number of nitrogens with one attached hydrogen (secondary N) is 1. The van der Waals surface area contributed by atoms with Gasteiger partial charge in [0.05, 0.1) is 11.5 Å². The monoisotopic (exact) mass is 399 g/mol. The average molecular weight is 399 g/mol. The zero-order valence-electron chi connectivity index (χ0n) is 15.4. The van der Waals surface area contributed by atoms with Gasteiger partial charge in [0.25, 0.3) is 5.91 Å². The fraction of sp³-hybridized carbons (Fsp3) is 0.200. The van der Waals surface area contributed by atoms with Crippen molar-refractivity contribution in [1.29, 1.82) is 5.26 Å². The molecule has 3 N–H and O–H groups in total. The summed E-state index contributed by atoms with van der Waals surface area (Å²) < 4.78 is 28.1. The molecule has 0 fully saturated rings. The van der Waals surface area contributed by atoms with E-state index in [0.29, 0.717) is 17.9 Å². The van der Waals surface area contributed by atoms with Gasteiger partial charge in [0.15, 0.2) is 0 Å². The van der Waals surface area contributed by atoms with E-state index in [9.17, 15) is 18.5 Å². The lowest BCUT2D eigenvalue weighted by atomic mass is 10.1. The van der Waals surface area contributed by atoms with E-state index < -0.39 is 15.9 Å². The van der Waals surface area contributed by atoms with Crippen LogP contribution in [-0.4, -0.2) is 20.9 Å². The number of nitrogens with zero attached hydrogens (tertiary/aromatic N) is 1. The number of hydrogen-bond donors (Lipinski definition) is 2. The molecular formula is C20H21N3O4S. The normalized spacial score (nSPS) is 11.5. The first kappa shape index (κ1) is 21.2. The van der Waals surface area contributed by atoms with Gasteiger partial charge in [0.1, 0.15) is 17.4 Å². The summed E-state index contributed by atoms with van der Waals surface area (Å²) in [5, 5.41) is 16.9. The van der Waals surface area contributed by atoms with Crippen molar-refractivity contribution in [2.75, 3.05) is 11.9 Å². The van der Waals surface area contributed by atoms with Gasteiger partial charge in [0.2, 0.25) is 10.0 Å². The number of sulfonamides is 1. The van der Waals surface area contributed by atoms with Gasteiger partial charge >= 0.3 is 0 Å². The van der Waals surface area contributed by atoms with Crippen LogP contribution in [0.4, 0.5) is 5.69 Å². The fourth-order valence-corrected chi connectivity index (χ4v) is 2.75. The molecule has 0 aliphatic heterocycles. The van der Waals surface area contributed by atoms with Crippen LogP contribution in [-0.2, 0) is 14.8 Å². The number of amides is 1. The third-order valence-electron chi connectivity index (χ3n) is 3.76. The number of unbranched alkanes of at least 4 members (excludes halogenated alkanes) is 1. The number of anilines is 1. The number of hydrogen-bond acceptors (Lipinski definition) is 5. The summed E-state index contributed by atoms with van der Waals surface area (Å²) in [5.41, 5.74) is 0.938. The quantitative estimate of drug-likeness (QED) is 0.401. The van der Waals surface area contributed by atoms with E-state index in [-0.39, 0.29) is 10.5 Å². The highest BCUT2D eigenvalue weighted by molar-refractivity contribution is 7.89. The van der Waals surface area contributed by atoms with Gasteiger partial charge in [-0.05, 0) is 54.5 Å². The lowest BCUT2D eigenvalue weighted by molar-refractivity contribution is -0.112. The Hall–Kier alpha value is -3.15. The summed E-state index contributed by atoms with van der Waals surface area (Å²) in [6.07, 6.45) is 3.48. The standard InChI is InChI=1S/C20H21N3O4S/c1-2-3-12-27-18-8-4-15(5-9-18)13-16(14-21)20(24)23-17-6-10-19(11-7-17)28(22,25)26/h4-11,13H,2-3,12H2,1H3,(H,23,24)(H2,22,25,26)/b16-13+. The topological polar surface area (TPSA) is 122 Å². The molecule has 0 unspecified atom stereocenters. The second-order valence-electron chi connectivity index (χ2n) is 5.96. The number of nitrogens with two attached hydrogens (primary N) is 1. The minimum atomic E-state index is -3.81. The van der Waals surface area contributed by atoms with Crippen LogP contribution in [0.1, 0.15) is 25.3 Å². The first-order valence-electron chi connectivity index (χ1n) is 8.62. The Morgan fingerprint density at radius 3 is 2.36 bits per heavy atom. The predicted octanol–water partition coefficient (Wildman–Crippen LogP) is 3.06. The smallest absolute Gasteiger partial charge is 0.266 e. The first-order chi connectivity index (χ1) is 13.3. The number of ether oxygens (including phenoxy) is 1.